The van der Waals surface area contributed by atoms with Gasteiger partial charge in [-0.2, -0.15) is 4.31 Å². The van der Waals surface area contributed by atoms with E-state index in [0.29, 0.717) is 0 Å². The van der Waals surface area contributed by atoms with Crippen LogP contribution in [0.1, 0.15) is 18.5 Å². The second kappa shape index (κ2) is 5.87. The van der Waals surface area contributed by atoms with Crippen LogP contribution in [0.5, 0.6) is 0 Å². The lowest BCUT2D eigenvalue weighted by atomic mass is 10.1. The molecule has 0 fully saturated rings. The number of pyridine rings is 2. The highest BCUT2D eigenvalue weighted by molar-refractivity contribution is 7.89. The van der Waals surface area contributed by atoms with Gasteiger partial charge in [-0.25, -0.2) is 13.4 Å². The van der Waals surface area contributed by atoms with Crippen LogP contribution < -0.4 is 0 Å². The molecule has 0 spiro atoms. The third kappa shape index (κ3) is 2.98. The van der Waals surface area contributed by atoms with Crippen molar-refractivity contribution in [3.05, 3.63) is 53.6 Å². The Morgan fingerprint density at radius 3 is 2.45 bits per heavy atom. The van der Waals surface area contributed by atoms with Gasteiger partial charge in [0.05, 0.1) is 4.90 Å². The van der Waals surface area contributed by atoms with Crippen molar-refractivity contribution in [2.24, 2.45) is 0 Å². The maximum atomic E-state index is 12.5. The minimum Gasteiger partial charge on any atom is -0.265 e. The normalized spacial score (nSPS) is 13.4. The molecule has 0 aromatic carbocycles. The molecule has 2 aromatic heterocycles. The molecule has 2 rings (SSSR count). The molecule has 106 valence electrons. The van der Waals surface area contributed by atoms with E-state index < -0.39 is 10.0 Å². The maximum absolute atomic E-state index is 12.5. The molecule has 0 radical (unpaired) electrons. The van der Waals surface area contributed by atoms with Crippen molar-refractivity contribution in [2.45, 2.75) is 17.9 Å². The molecule has 2 heterocycles. The summed E-state index contributed by atoms with van der Waals surface area (Å²) in [6.07, 6.45) is 4.64. The molecule has 0 saturated carbocycles. The van der Waals surface area contributed by atoms with Crippen LogP contribution in [0, 0.1) is 0 Å². The number of sulfonamides is 1. The number of hydrogen-bond acceptors (Lipinski definition) is 4. The van der Waals surface area contributed by atoms with Gasteiger partial charge in [-0.15, -0.1) is 0 Å². The topological polar surface area (TPSA) is 63.2 Å². The minimum absolute atomic E-state index is 0.126. The van der Waals surface area contributed by atoms with E-state index >= 15 is 0 Å². The third-order valence-electron chi connectivity index (χ3n) is 3.11. The molecule has 5 nitrogen and oxygen atoms in total. The Balaban J connectivity index is 2.35. The summed E-state index contributed by atoms with van der Waals surface area (Å²) in [5, 5.41) is 0.149. The number of hydrogen-bond donors (Lipinski definition) is 0. The predicted molar refractivity (Wildman–Crippen MR) is 76.8 cm³/mol. The molecule has 2 aromatic rings. The standard InChI is InChI=1S/C13H14ClN3O2S/c1-10(11-3-6-15-7-4-11)17(2)20(18,19)12-5-8-16-13(14)9-12/h3-10H,1-2H3. The van der Waals surface area contributed by atoms with Gasteiger partial charge in [0.25, 0.3) is 0 Å². The first-order valence-electron chi connectivity index (χ1n) is 5.92. The summed E-state index contributed by atoms with van der Waals surface area (Å²) < 4.78 is 26.3. The average Bonchev–Trinajstić information content (AvgIpc) is 2.46. The lowest BCUT2D eigenvalue weighted by Gasteiger charge is -2.24. The number of rotatable bonds is 4. The van der Waals surface area contributed by atoms with E-state index in [-0.39, 0.29) is 16.1 Å². The van der Waals surface area contributed by atoms with Crippen molar-refractivity contribution in [2.75, 3.05) is 7.05 Å². The zero-order valence-corrected chi connectivity index (χ0v) is 12.6. The van der Waals surface area contributed by atoms with Crippen molar-refractivity contribution in [1.82, 2.24) is 14.3 Å². The SMILES string of the molecule is CC(c1ccncc1)N(C)S(=O)(=O)c1ccnc(Cl)c1. The first-order chi connectivity index (χ1) is 9.43. The summed E-state index contributed by atoms with van der Waals surface area (Å²) in [6.45, 7) is 1.82. The van der Waals surface area contributed by atoms with E-state index in [0.717, 1.165) is 5.56 Å². The highest BCUT2D eigenvalue weighted by Gasteiger charge is 2.26. The fourth-order valence-corrected chi connectivity index (χ4v) is 3.37. The molecule has 0 bridgehead atoms. The third-order valence-corrected chi connectivity index (χ3v) is 5.24. The van der Waals surface area contributed by atoms with Gasteiger partial charge in [-0.3, -0.25) is 4.98 Å². The molecule has 0 aliphatic heterocycles. The largest absolute Gasteiger partial charge is 0.265 e. The predicted octanol–water partition coefficient (Wildman–Crippen LogP) is 2.51. The van der Waals surface area contributed by atoms with Gasteiger partial charge in [0, 0.05) is 31.7 Å². The first kappa shape index (κ1) is 14.9. The summed E-state index contributed by atoms with van der Waals surface area (Å²) in [4.78, 5) is 7.84. The highest BCUT2D eigenvalue weighted by Crippen LogP contribution is 2.25. The van der Waals surface area contributed by atoms with Crippen LogP contribution in [0.3, 0.4) is 0 Å². The van der Waals surface area contributed by atoms with Gasteiger partial charge >= 0.3 is 0 Å². The molecule has 1 unspecified atom stereocenters. The molecule has 7 heteroatoms. The number of aromatic nitrogens is 2. The number of nitrogens with zero attached hydrogens (tertiary/aromatic N) is 3. The Morgan fingerprint density at radius 1 is 1.20 bits per heavy atom. The van der Waals surface area contributed by atoms with Crippen molar-refractivity contribution in [3.8, 4) is 0 Å². The zero-order valence-electron chi connectivity index (χ0n) is 11.1. The van der Waals surface area contributed by atoms with Gasteiger partial charge in [-0.1, -0.05) is 11.6 Å². The Labute approximate surface area is 123 Å². The average molecular weight is 312 g/mol. The van der Waals surface area contributed by atoms with Crippen LogP contribution >= 0.6 is 11.6 Å². The molecule has 1 atom stereocenters. The lowest BCUT2D eigenvalue weighted by Crippen LogP contribution is -2.29. The summed E-state index contributed by atoms with van der Waals surface area (Å²) in [7, 11) is -2.08. The van der Waals surface area contributed by atoms with E-state index in [1.165, 1.54) is 29.7 Å². The van der Waals surface area contributed by atoms with Crippen LogP contribution in [0.25, 0.3) is 0 Å². The van der Waals surface area contributed by atoms with Crippen LogP contribution in [-0.2, 0) is 10.0 Å². The fraction of sp³-hybridized carbons (Fsp3) is 0.231. The van der Waals surface area contributed by atoms with Gasteiger partial charge in [-0.05, 0) is 36.8 Å². The Kier molecular flexibility index (Phi) is 4.37. The van der Waals surface area contributed by atoms with Gasteiger partial charge < -0.3 is 0 Å². The molecular formula is C13H14ClN3O2S. The monoisotopic (exact) mass is 311 g/mol. The van der Waals surface area contributed by atoms with Crippen LogP contribution in [-0.4, -0.2) is 29.7 Å². The lowest BCUT2D eigenvalue weighted by molar-refractivity contribution is 0.398. The molecule has 0 N–H and O–H groups in total. The highest BCUT2D eigenvalue weighted by atomic mass is 35.5. The van der Waals surface area contributed by atoms with Crippen molar-refractivity contribution in [3.63, 3.8) is 0 Å². The van der Waals surface area contributed by atoms with E-state index in [1.54, 1.807) is 24.5 Å². The summed E-state index contributed by atoms with van der Waals surface area (Å²) in [5.74, 6) is 0. The second-order valence-corrected chi connectivity index (χ2v) is 6.68. The van der Waals surface area contributed by atoms with Gasteiger partial charge in [0.1, 0.15) is 5.15 Å². The minimum atomic E-state index is -3.62. The van der Waals surface area contributed by atoms with E-state index in [9.17, 15) is 8.42 Å². The molecule has 20 heavy (non-hydrogen) atoms. The maximum Gasteiger partial charge on any atom is 0.243 e. The van der Waals surface area contributed by atoms with Crippen molar-refractivity contribution >= 4 is 21.6 Å². The summed E-state index contributed by atoms with van der Waals surface area (Å²) in [6, 6.07) is 6.03. The van der Waals surface area contributed by atoms with Crippen LogP contribution in [0.15, 0.2) is 47.8 Å². The second-order valence-electron chi connectivity index (χ2n) is 4.29. The smallest absolute Gasteiger partial charge is 0.243 e. The van der Waals surface area contributed by atoms with E-state index in [4.69, 9.17) is 11.6 Å². The molecule has 0 aliphatic rings. The van der Waals surface area contributed by atoms with E-state index in [1.807, 2.05) is 6.92 Å². The first-order valence-corrected chi connectivity index (χ1v) is 7.74. The summed E-state index contributed by atoms with van der Waals surface area (Å²) >= 11 is 5.75. The summed E-state index contributed by atoms with van der Waals surface area (Å²) in [5.41, 5.74) is 0.867. The fourth-order valence-electron chi connectivity index (χ4n) is 1.77. The van der Waals surface area contributed by atoms with Gasteiger partial charge in [0.2, 0.25) is 10.0 Å². The Morgan fingerprint density at radius 2 is 1.85 bits per heavy atom. The molecule has 0 saturated heterocycles. The number of halogens is 1. The zero-order chi connectivity index (χ0) is 14.8. The van der Waals surface area contributed by atoms with Gasteiger partial charge in [0.15, 0.2) is 0 Å². The Bertz CT molecular complexity index is 692. The van der Waals surface area contributed by atoms with Crippen LogP contribution in [0.2, 0.25) is 5.15 Å². The Hall–Kier alpha value is -1.50. The molecular weight excluding hydrogens is 298 g/mol. The molecule has 0 amide bonds. The van der Waals surface area contributed by atoms with Crippen molar-refractivity contribution in [1.29, 1.82) is 0 Å². The van der Waals surface area contributed by atoms with Crippen molar-refractivity contribution < 1.29 is 8.42 Å². The quantitative estimate of drug-likeness (QED) is 0.814. The molecule has 0 aliphatic carbocycles. The van der Waals surface area contributed by atoms with Crippen LogP contribution in [0.4, 0.5) is 0 Å². The van der Waals surface area contributed by atoms with E-state index in [2.05, 4.69) is 9.97 Å².